The van der Waals surface area contributed by atoms with Gasteiger partial charge in [-0.3, -0.25) is 0 Å². The normalized spacial score (nSPS) is 18.8. The lowest BCUT2D eigenvalue weighted by atomic mass is 10.2. The number of hydrogen-bond donors (Lipinski definition) is 0. The van der Waals surface area contributed by atoms with Gasteiger partial charge in [-0.1, -0.05) is 42.5 Å². The van der Waals surface area contributed by atoms with Gasteiger partial charge in [0.2, 0.25) is 0 Å². The number of alkyl halides is 3. The Balaban J connectivity index is 2.05. The quantitative estimate of drug-likeness (QED) is 0.469. The molecule has 1 atom stereocenters. The fraction of sp³-hybridized carbons (Fsp3) is 0.0526. The Morgan fingerprint density at radius 2 is 1.40 bits per heavy atom. The molecule has 0 radical (unpaired) electrons. The van der Waals surface area contributed by atoms with E-state index in [0.717, 1.165) is 12.1 Å². The average Bonchev–Trinajstić information content (AvgIpc) is 2.61. The number of para-hydroxylation sites is 1. The third-order valence-electron chi connectivity index (χ3n) is 4.17. The number of hydrogen-bond acceptors (Lipinski definition) is 2. The summed E-state index contributed by atoms with van der Waals surface area (Å²) >= 11 is 0. The first-order valence-corrected chi connectivity index (χ1v) is 9.26. The van der Waals surface area contributed by atoms with Gasteiger partial charge in [0.25, 0.3) is 0 Å². The van der Waals surface area contributed by atoms with Crippen LogP contribution in [0.3, 0.4) is 0 Å². The van der Waals surface area contributed by atoms with E-state index < -0.39 is 18.9 Å². The Morgan fingerprint density at radius 3 is 2.12 bits per heavy atom. The first-order valence-electron chi connectivity index (χ1n) is 7.55. The summed E-state index contributed by atoms with van der Waals surface area (Å²) in [4.78, 5) is 0. The number of rotatable bonds is 1. The van der Waals surface area contributed by atoms with Crippen molar-refractivity contribution in [2.75, 3.05) is 0 Å². The first kappa shape index (κ1) is 16.0. The van der Waals surface area contributed by atoms with Gasteiger partial charge < -0.3 is 9.30 Å². The molecule has 0 fully saturated rings. The molecule has 6 heteroatoms. The van der Waals surface area contributed by atoms with Crippen LogP contribution in [-0.4, -0.2) is 0 Å². The average molecular weight is 360 g/mol. The summed E-state index contributed by atoms with van der Waals surface area (Å²) in [5, 5.41) is 0.964. The number of ether oxygens (including phenoxy) is 1. The lowest BCUT2D eigenvalue weighted by molar-refractivity contribution is -0.137. The van der Waals surface area contributed by atoms with Crippen LogP contribution in [0.1, 0.15) is 5.56 Å². The summed E-state index contributed by atoms with van der Waals surface area (Å²) < 4.78 is 59.4. The third-order valence-corrected chi connectivity index (χ3v) is 7.27. The predicted molar refractivity (Wildman–Crippen MR) is 90.9 cm³/mol. The molecular formula is C19H12F3O2P. The number of halogens is 3. The van der Waals surface area contributed by atoms with E-state index in [-0.39, 0.29) is 11.1 Å². The maximum atomic E-state index is 14.1. The maximum Gasteiger partial charge on any atom is 0.416 e. The van der Waals surface area contributed by atoms with Gasteiger partial charge in [0.15, 0.2) is 7.14 Å². The van der Waals surface area contributed by atoms with Gasteiger partial charge in [-0.25, -0.2) is 0 Å². The molecule has 4 rings (SSSR count). The molecular weight excluding hydrogens is 348 g/mol. The molecule has 0 aromatic heterocycles. The van der Waals surface area contributed by atoms with Gasteiger partial charge in [0.05, 0.1) is 16.2 Å². The van der Waals surface area contributed by atoms with Crippen LogP contribution >= 0.6 is 7.14 Å². The zero-order valence-electron chi connectivity index (χ0n) is 12.8. The second-order valence-electron chi connectivity index (χ2n) is 5.69. The second-order valence-corrected chi connectivity index (χ2v) is 8.39. The molecule has 0 saturated carbocycles. The fourth-order valence-corrected chi connectivity index (χ4v) is 5.88. The number of benzene rings is 3. The van der Waals surface area contributed by atoms with E-state index in [4.69, 9.17) is 4.74 Å². The van der Waals surface area contributed by atoms with E-state index >= 15 is 0 Å². The minimum Gasteiger partial charge on any atom is -0.456 e. The van der Waals surface area contributed by atoms with Gasteiger partial charge in [0.1, 0.15) is 11.5 Å². The van der Waals surface area contributed by atoms with Crippen LogP contribution in [0.2, 0.25) is 0 Å². The van der Waals surface area contributed by atoms with Crippen molar-refractivity contribution in [3.05, 3.63) is 78.4 Å². The Kier molecular flexibility index (Phi) is 3.51. The highest BCUT2D eigenvalue weighted by atomic mass is 31.2. The smallest absolute Gasteiger partial charge is 0.416 e. The lowest BCUT2D eigenvalue weighted by Crippen LogP contribution is -2.31. The molecule has 1 aliphatic rings. The van der Waals surface area contributed by atoms with E-state index in [2.05, 4.69) is 0 Å². The van der Waals surface area contributed by atoms with Gasteiger partial charge >= 0.3 is 6.18 Å². The summed E-state index contributed by atoms with van der Waals surface area (Å²) in [5.41, 5.74) is -0.842. The highest BCUT2D eigenvalue weighted by molar-refractivity contribution is 7.85. The minimum absolute atomic E-state index is 0.0761. The maximum absolute atomic E-state index is 14.1. The molecule has 2 nitrogen and oxygen atoms in total. The summed E-state index contributed by atoms with van der Waals surface area (Å²) in [6.07, 6.45) is -4.52. The Hall–Kier alpha value is -2.52. The van der Waals surface area contributed by atoms with Crippen molar-refractivity contribution >= 4 is 23.1 Å². The molecule has 0 N–H and O–H groups in total. The SMILES string of the molecule is O=P1(c2ccccc2)c2ccccc2Oc2ccc(C(F)(F)F)cc21. The molecule has 0 aliphatic carbocycles. The van der Waals surface area contributed by atoms with Gasteiger partial charge in [-0.2, -0.15) is 13.2 Å². The van der Waals surface area contributed by atoms with Crippen molar-refractivity contribution in [3.8, 4) is 11.5 Å². The summed E-state index contributed by atoms with van der Waals surface area (Å²) in [6, 6.07) is 18.5. The summed E-state index contributed by atoms with van der Waals surface area (Å²) in [7, 11) is -3.47. The van der Waals surface area contributed by atoms with Crippen LogP contribution < -0.4 is 20.7 Å². The Bertz CT molecular complexity index is 997. The van der Waals surface area contributed by atoms with Gasteiger partial charge in [-0.05, 0) is 30.3 Å². The van der Waals surface area contributed by atoms with E-state index in [1.807, 2.05) is 0 Å². The van der Waals surface area contributed by atoms with Crippen molar-refractivity contribution in [3.63, 3.8) is 0 Å². The molecule has 3 aromatic carbocycles. The highest BCUT2D eigenvalue weighted by Crippen LogP contribution is 2.52. The topological polar surface area (TPSA) is 26.3 Å². The molecule has 0 bridgehead atoms. The Morgan fingerprint density at radius 1 is 0.760 bits per heavy atom. The van der Waals surface area contributed by atoms with E-state index in [0.29, 0.717) is 16.4 Å². The van der Waals surface area contributed by atoms with Gasteiger partial charge in [0, 0.05) is 5.30 Å². The molecule has 0 saturated heterocycles. The fourth-order valence-electron chi connectivity index (χ4n) is 2.99. The van der Waals surface area contributed by atoms with Crippen LogP contribution in [-0.2, 0) is 10.7 Å². The van der Waals surface area contributed by atoms with Crippen molar-refractivity contribution in [2.45, 2.75) is 6.18 Å². The predicted octanol–water partition coefficient (Wildman–Crippen LogP) is 4.45. The highest BCUT2D eigenvalue weighted by Gasteiger charge is 2.41. The second kappa shape index (κ2) is 5.50. The minimum atomic E-state index is -4.52. The third kappa shape index (κ3) is 2.47. The van der Waals surface area contributed by atoms with Gasteiger partial charge in [-0.15, -0.1) is 0 Å². The molecule has 0 spiro atoms. The van der Waals surface area contributed by atoms with E-state index in [1.165, 1.54) is 6.07 Å². The molecule has 3 aromatic rings. The zero-order chi connectivity index (χ0) is 17.7. The van der Waals surface area contributed by atoms with Crippen LogP contribution in [0, 0.1) is 0 Å². The first-order chi connectivity index (χ1) is 11.9. The van der Waals surface area contributed by atoms with Crippen molar-refractivity contribution < 1.29 is 22.5 Å². The molecule has 25 heavy (non-hydrogen) atoms. The summed E-state index contributed by atoms with van der Waals surface area (Å²) in [5.74, 6) is 0.598. The zero-order valence-corrected chi connectivity index (χ0v) is 13.7. The largest absolute Gasteiger partial charge is 0.456 e. The standard InChI is InChI=1S/C19H12F3O2P/c20-19(21,22)13-10-11-16-18(12-13)25(23,14-6-2-1-3-7-14)17-9-5-4-8-15(17)24-16/h1-12H. The van der Waals surface area contributed by atoms with E-state index in [9.17, 15) is 17.7 Å². The van der Waals surface area contributed by atoms with Crippen LogP contribution in [0.15, 0.2) is 72.8 Å². The van der Waals surface area contributed by atoms with Crippen LogP contribution in [0.25, 0.3) is 0 Å². The molecule has 0 amide bonds. The van der Waals surface area contributed by atoms with Crippen LogP contribution in [0.4, 0.5) is 13.2 Å². The van der Waals surface area contributed by atoms with Crippen molar-refractivity contribution in [1.82, 2.24) is 0 Å². The monoisotopic (exact) mass is 360 g/mol. The number of fused-ring (bicyclic) bond motifs is 2. The van der Waals surface area contributed by atoms with Crippen molar-refractivity contribution in [1.29, 1.82) is 0 Å². The van der Waals surface area contributed by atoms with E-state index in [1.54, 1.807) is 54.6 Å². The molecule has 1 aliphatic heterocycles. The lowest BCUT2D eigenvalue weighted by Gasteiger charge is -2.29. The Labute approximate surface area is 142 Å². The molecule has 1 heterocycles. The summed E-state index contributed by atoms with van der Waals surface area (Å²) in [6.45, 7) is 0. The van der Waals surface area contributed by atoms with Crippen LogP contribution in [0.5, 0.6) is 11.5 Å². The molecule has 126 valence electrons. The van der Waals surface area contributed by atoms with Crippen molar-refractivity contribution in [2.24, 2.45) is 0 Å². The molecule has 1 unspecified atom stereocenters.